The van der Waals surface area contributed by atoms with Crippen LogP contribution in [0.3, 0.4) is 0 Å². The molecular weight excluding hydrogens is 528 g/mol. The molecule has 0 unspecified atom stereocenters. The van der Waals surface area contributed by atoms with Crippen LogP contribution in [0.2, 0.25) is 5.02 Å². The van der Waals surface area contributed by atoms with Crippen LogP contribution in [0.1, 0.15) is 17.3 Å². The minimum absolute atomic E-state index is 0.0123. The summed E-state index contributed by atoms with van der Waals surface area (Å²) in [5.74, 6) is -0.0762. The summed E-state index contributed by atoms with van der Waals surface area (Å²) in [6, 6.07) is 20.6. The number of hydrogen-bond donors (Lipinski definition) is 2. The second-order valence-corrected chi connectivity index (χ2v) is 8.94. The molecule has 0 saturated heterocycles. The Morgan fingerprint density at radius 1 is 1.11 bits per heavy atom. The van der Waals surface area contributed by atoms with Gasteiger partial charge in [-0.25, -0.2) is 4.98 Å². The molecule has 4 aromatic carbocycles. The number of ether oxygens (including phenoxy) is 1. The van der Waals surface area contributed by atoms with Crippen LogP contribution in [-0.2, 0) is 0 Å². The molecule has 9 nitrogen and oxygen atoms in total. The van der Waals surface area contributed by atoms with Crippen molar-refractivity contribution in [1.29, 1.82) is 0 Å². The minimum atomic E-state index is -0.605. The van der Waals surface area contributed by atoms with E-state index in [1.807, 2.05) is 36.4 Å². The zero-order valence-electron chi connectivity index (χ0n) is 19.9. The quantitative estimate of drug-likeness (QED) is 0.136. The van der Waals surface area contributed by atoms with Gasteiger partial charge in [0, 0.05) is 33.3 Å². The van der Waals surface area contributed by atoms with E-state index in [0.717, 1.165) is 22.4 Å². The average molecular weight is 547 g/mol. The lowest BCUT2D eigenvalue weighted by atomic mass is 10.0. The van der Waals surface area contributed by atoms with Crippen molar-refractivity contribution in [3.05, 3.63) is 93.5 Å². The van der Waals surface area contributed by atoms with Gasteiger partial charge in [0.05, 0.1) is 11.5 Å². The molecule has 0 saturated carbocycles. The van der Waals surface area contributed by atoms with E-state index in [1.165, 1.54) is 12.1 Å². The summed E-state index contributed by atoms with van der Waals surface area (Å²) >= 11 is 11.6. The van der Waals surface area contributed by atoms with Crippen LogP contribution in [0.15, 0.2) is 77.2 Å². The molecule has 5 rings (SSSR count). The fourth-order valence-electron chi connectivity index (χ4n) is 3.99. The molecule has 5 aromatic rings. The second kappa shape index (κ2) is 10.4. The number of thiocarbonyl (C=S) groups is 1. The van der Waals surface area contributed by atoms with Crippen molar-refractivity contribution in [2.75, 3.05) is 11.9 Å². The van der Waals surface area contributed by atoms with E-state index in [2.05, 4.69) is 15.6 Å². The summed E-state index contributed by atoms with van der Waals surface area (Å²) in [4.78, 5) is 28.0. The molecule has 0 fully saturated rings. The number of hydrogen-bond acceptors (Lipinski definition) is 7. The third-order valence-corrected chi connectivity index (χ3v) is 6.22. The van der Waals surface area contributed by atoms with Gasteiger partial charge in [0.2, 0.25) is 5.89 Å². The van der Waals surface area contributed by atoms with Crippen LogP contribution in [0, 0.1) is 10.1 Å². The normalized spacial score (nSPS) is 10.9. The fraction of sp³-hybridized carbons (Fsp3) is 0.0741. The molecule has 0 spiro atoms. The standard InChI is InChI=1S/C27H19ClN4O5S/c1-2-36-24-11-9-15(13-22(24)32(34)35)25(33)31-27(38)29-16-10-12-23-21(14-16)30-26(37-23)19-7-3-6-18-17(19)5-4-8-20(18)28/h3-14H,2H2,1H3,(H2,29,31,33,38). The Morgan fingerprint density at radius 2 is 1.89 bits per heavy atom. The molecule has 0 aliphatic heterocycles. The van der Waals surface area contributed by atoms with E-state index in [1.54, 1.807) is 25.1 Å². The topological polar surface area (TPSA) is 120 Å². The zero-order chi connectivity index (χ0) is 26.8. The van der Waals surface area contributed by atoms with Crippen molar-refractivity contribution < 1.29 is 18.9 Å². The third kappa shape index (κ3) is 4.99. The summed E-state index contributed by atoms with van der Waals surface area (Å²) in [7, 11) is 0. The highest BCUT2D eigenvalue weighted by molar-refractivity contribution is 7.80. The first-order chi connectivity index (χ1) is 18.3. The van der Waals surface area contributed by atoms with Crippen molar-refractivity contribution in [3.8, 4) is 17.2 Å². The third-order valence-electron chi connectivity index (χ3n) is 5.69. The molecule has 0 radical (unpaired) electrons. The summed E-state index contributed by atoms with van der Waals surface area (Å²) in [5.41, 5.74) is 2.29. The van der Waals surface area contributed by atoms with E-state index in [0.29, 0.717) is 27.7 Å². The number of nitro benzene ring substituents is 1. The van der Waals surface area contributed by atoms with E-state index in [9.17, 15) is 14.9 Å². The predicted octanol–water partition coefficient (Wildman–Crippen LogP) is 6.74. The maximum absolute atomic E-state index is 12.7. The summed E-state index contributed by atoms with van der Waals surface area (Å²) in [6.07, 6.45) is 0. The molecule has 0 atom stereocenters. The van der Waals surface area contributed by atoms with E-state index in [-0.39, 0.29) is 28.7 Å². The fourth-order valence-corrected chi connectivity index (χ4v) is 4.44. The highest BCUT2D eigenvalue weighted by Crippen LogP contribution is 2.34. The van der Waals surface area contributed by atoms with Crippen molar-refractivity contribution in [2.45, 2.75) is 6.92 Å². The Kier molecular flexibility index (Phi) is 6.91. The molecule has 190 valence electrons. The lowest BCUT2D eigenvalue weighted by molar-refractivity contribution is -0.385. The maximum Gasteiger partial charge on any atom is 0.311 e. The second-order valence-electron chi connectivity index (χ2n) is 8.12. The van der Waals surface area contributed by atoms with Gasteiger partial charge in [-0.15, -0.1) is 0 Å². The minimum Gasteiger partial charge on any atom is -0.487 e. The number of nitrogens with one attached hydrogen (secondary N) is 2. The van der Waals surface area contributed by atoms with Gasteiger partial charge >= 0.3 is 5.69 Å². The molecule has 1 heterocycles. The summed E-state index contributed by atoms with van der Waals surface area (Å²) < 4.78 is 11.2. The number of fused-ring (bicyclic) bond motifs is 2. The van der Waals surface area contributed by atoms with Gasteiger partial charge in [0.15, 0.2) is 16.4 Å². The number of halogens is 1. The Balaban J connectivity index is 1.34. The Hall–Kier alpha value is -4.54. The Labute approximate surface area is 226 Å². The predicted molar refractivity (Wildman–Crippen MR) is 150 cm³/mol. The lowest BCUT2D eigenvalue weighted by Crippen LogP contribution is -2.34. The van der Waals surface area contributed by atoms with Gasteiger partial charge in [-0.05, 0) is 67.0 Å². The van der Waals surface area contributed by atoms with E-state index >= 15 is 0 Å². The average Bonchev–Trinajstić information content (AvgIpc) is 3.32. The highest BCUT2D eigenvalue weighted by Gasteiger charge is 2.19. The van der Waals surface area contributed by atoms with Gasteiger partial charge in [0.25, 0.3) is 5.91 Å². The first kappa shape index (κ1) is 25.1. The molecule has 1 amide bonds. The molecule has 0 aliphatic rings. The number of amides is 1. The molecule has 1 aromatic heterocycles. The number of rotatable bonds is 6. The number of aromatic nitrogens is 1. The van der Waals surface area contributed by atoms with Gasteiger partial charge < -0.3 is 14.5 Å². The smallest absolute Gasteiger partial charge is 0.311 e. The van der Waals surface area contributed by atoms with Crippen molar-refractivity contribution >= 4 is 68.1 Å². The van der Waals surface area contributed by atoms with Crippen LogP contribution in [0.4, 0.5) is 11.4 Å². The number of nitrogens with zero attached hydrogens (tertiary/aromatic N) is 2. The molecule has 0 bridgehead atoms. The first-order valence-corrected chi connectivity index (χ1v) is 12.2. The number of benzene rings is 4. The number of carbonyl (C=O) groups is 1. The number of oxazole rings is 1. The molecular formula is C27H19ClN4O5S. The number of carbonyl (C=O) groups excluding carboxylic acids is 1. The number of anilines is 1. The highest BCUT2D eigenvalue weighted by atomic mass is 35.5. The molecule has 38 heavy (non-hydrogen) atoms. The van der Waals surface area contributed by atoms with Crippen LogP contribution in [-0.4, -0.2) is 27.5 Å². The van der Waals surface area contributed by atoms with Gasteiger partial charge in [-0.3, -0.25) is 20.2 Å². The van der Waals surface area contributed by atoms with Gasteiger partial charge in [0.1, 0.15) is 5.52 Å². The SMILES string of the molecule is CCOc1ccc(C(=O)NC(=S)Nc2ccc3oc(-c4cccc5c(Cl)cccc45)nc3c2)cc1[N+](=O)[O-]. The van der Waals surface area contributed by atoms with Crippen LogP contribution in [0.25, 0.3) is 33.3 Å². The summed E-state index contributed by atoms with van der Waals surface area (Å²) in [6.45, 7) is 1.97. The van der Waals surface area contributed by atoms with Crippen molar-refractivity contribution in [1.82, 2.24) is 10.3 Å². The molecule has 0 aliphatic carbocycles. The summed E-state index contributed by atoms with van der Waals surface area (Å²) in [5, 5.41) is 19.3. The van der Waals surface area contributed by atoms with E-state index < -0.39 is 10.8 Å². The number of nitro groups is 1. The first-order valence-electron chi connectivity index (χ1n) is 11.5. The van der Waals surface area contributed by atoms with Crippen molar-refractivity contribution in [3.63, 3.8) is 0 Å². The van der Waals surface area contributed by atoms with Crippen LogP contribution >= 0.6 is 23.8 Å². The monoisotopic (exact) mass is 546 g/mol. The van der Waals surface area contributed by atoms with Gasteiger partial charge in [-0.1, -0.05) is 35.9 Å². The Morgan fingerprint density at radius 3 is 2.68 bits per heavy atom. The lowest BCUT2D eigenvalue weighted by Gasteiger charge is -2.10. The Bertz CT molecular complexity index is 1740. The van der Waals surface area contributed by atoms with E-state index in [4.69, 9.17) is 33.0 Å². The maximum atomic E-state index is 12.7. The largest absolute Gasteiger partial charge is 0.487 e. The van der Waals surface area contributed by atoms with Crippen LogP contribution in [0.5, 0.6) is 5.75 Å². The van der Waals surface area contributed by atoms with Gasteiger partial charge in [-0.2, -0.15) is 0 Å². The molecule has 11 heteroatoms. The molecule has 2 N–H and O–H groups in total. The van der Waals surface area contributed by atoms with Crippen molar-refractivity contribution in [2.24, 2.45) is 0 Å². The van der Waals surface area contributed by atoms with Crippen LogP contribution < -0.4 is 15.4 Å². The zero-order valence-corrected chi connectivity index (χ0v) is 21.4.